The highest BCUT2D eigenvalue weighted by Crippen LogP contribution is 2.20. The number of carbonyl (C=O) groups is 1. The van der Waals surface area contributed by atoms with Gasteiger partial charge < -0.3 is 10.6 Å². The zero-order valence-electron chi connectivity index (χ0n) is 17.2. The molecule has 30 heavy (non-hydrogen) atoms. The molecule has 0 fully saturated rings. The molecule has 1 aromatic heterocycles. The van der Waals surface area contributed by atoms with Gasteiger partial charge in [-0.25, -0.2) is 13.2 Å². The van der Waals surface area contributed by atoms with E-state index < -0.39 is 27.2 Å². The first kappa shape index (κ1) is 23.3. The molecule has 12 heteroatoms. The third-order valence-electron chi connectivity index (χ3n) is 4.58. The number of carbonyl (C=O) groups excluding carboxylic acids is 1. The van der Waals surface area contributed by atoms with Crippen molar-refractivity contribution in [2.75, 3.05) is 31.8 Å². The number of hydroxylamine groups is 1. The van der Waals surface area contributed by atoms with Gasteiger partial charge in [0.1, 0.15) is 5.82 Å². The van der Waals surface area contributed by atoms with Gasteiger partial charge in [-0.1, -0.05) is 17.8 Å². The topological polar surface area (TPSA) is 148 Å². The molecule has 1 amide bonds. The molecule has 0 aliphatic heterocycles. The van der Waals surface area contributed by atoms with Crippen LogP contribution in [0.3, 0.4) is 0 Å². The minimum atomic E-state index is -3.86. The molecule has 0 saturated carbocycles. The summed E-state index contributed by atoms with van der Waals surface area (Å²) in [6.07, 6.45) is 1.47. The molecule has 2 rings (SSSR count). The minimum Gasteiger partial charge on any atom is -0.383 e. The molecule has 2 aromatic rings. The van der Waals surface area contributed by atoms with E-state index in [0.717, 1.165) is 11.3 Å². The van der Waals surface area contributed by atoms with Gasteiger partial charge >= 0.3 is 5.69 Å². The molecule has 1 heterocycles. The number of anilines is 2. The SMILES string of the molecule is CCCCn1c(N)c(N(C)C(=O)c2ccc(S(=O)(=O)N(C)OC)cc2)c(=O)[nH]c1=O. The molecule has 0 spiro atoms. The van der Waals surface area contributed by atoms with Gasteiger partial charge in [0.25, 0.3) is 21.5 Å². The van der Waals surface area contributed by atoms with Crippen molar-refractivity contribution in [3.05, 3.63) is 50.7 Å². The molecule has 0 saturated heterocycles. The van der Waals surface area contributed by atoms with E-state index in [2.05, 4.69) is 4.98 Å². The Labute approximate surface area is 173 Å². The number of nitrogens with two attached hydrogens (primary N) is 1. The van der Waals surface area contributed by atoms with E-state index in [4.69, 9.17) is 10.6 Å². The van der Waals surface area contributed by atoms with E-state index in [9.17, 15) is 22.8 Å². The van der Waals surface area contributed by atoms with Crippen LogP contribution >= 0.6 is 0 Å². The first-order valence-electron chi connectivity index (χ1n) is 9.10. The molecule has 1 aromatic carbocycles. The number of hydrogen-bond acceptors (Lipinski definition) is 7. The number of sulfonamides is 1. The van der Waals surface area contributed by atoms with Crippen molar-refractivity contribution >= 4 is 27.4 Å². The number of H-pyrrole nitrogens is 1. The summed E-state index contributed by atoms with van der Waals surface area (Å²) >= 11 is 0. The first-order chi connectivity index (χ1) is 14.1. The molecule has 0 bridgehead atoms. The van der Waals surface area contributed by atoms with Crippen LogP contribution in [0.25, 0.3) is 0 Å². The Hall–Kier alpha value is -2.96. The van der Waals surface area contributed by atoms with Crippen LogP contribution in [0.2, 0.25) is 0 Å². The number of unbranched alkanes of at least 4 members (excludes halogenated alkanes) is 1. The Morgan fingerprint density at radius 1 is 1.20 bits per heavy atom. The van der Waals surface area contributed by atoms with Gasteiger partial charge in [0, 0.05) is 26.2 Å². The summed E-state index contributed by atoms with van der Waals surface area (Å²) in [6.45, 7) is 2.24. The smallest absolute Gasteiger partial charge is 0.330 e. The zero-order chi connectivity index (χ0) is 22.6. The van der Waals surface area contributed by atoms with Gasteiger partial charge in [-0.15, -0.1) is 0 Å². The van der Waals surface area contributed by atoms with Gasteiger partial charge in [-0.2, -0.15) is 0 Å². The van der Waals surface area contributed by atoms with Crippen LogP contribution in [-0.4, -0.2) is 49.5 Å². The number of benzene rings is 1. The number of aromatic nitrogens is 2. The van der Waals surface area contributed by atoms with Gasteiger partial charge in [-0.3, -0.25) is 24.0 Å². The lowest BCUT2D eigenvalue weighted by molar-refractivity contribution is -0.0258. The summed E-state index contributed by atoms with van der Waals surface area (Å²) in [5.41, 5.74) is 4.55. The van der Waals surface area contributed by atoms with Crippen molar-refractivity contribution in [3.8, 4) is 0 Å². The van der Waals surface area contributed by atoms with Crippen LogP contribution in [-0.2, 0) is 21.4 Å². The molecule has 0 aliphatic carbocycles. The number of rotatable bonds is 8. The maximum atomic E-state index is 12.9. The maximum Gasteiger partial charge on any atom is 0.330 e. The first-order valence-corrected chi connectivity index (χ1v) is 10.5. The normalized spacial score (nSPS) is 11.6. The number of aromatic amines is 1. The molecule has 0 aliphatic rings. The van der Waals surface area contributed by atoms with Crippen LogP contribution in [0.5, 0.6) is 0 Å². The monoisotopic (exact) mass is 439 g/mol. The van der Waals surface area contributed by atoms with E-state index >= 15 is 0 Å². The summed E-state index contributed by atoms with van der Waals surface area (Å²) in [5.74, 6) is -0.717. The largest absolute Gasteiger partial charge is 0.383 e. The van der Waals surface area contributed by atoms with Crippen LogP contribution in [0.15, 0.2) is 38.8 Å². The number of nitrogens with one attached hydrogen (secondary N) is 1. The van der Waals surface area contributed by atoms with Crippen LogP contribution in [0.1, 0.15) is 30.1 Å². The number of amides is 1. The lowest BCUT2D eigenvalue weighted by Gasteiger charge is -2.20. The van der Waals surface area contributed by atoms with E-state index in [1.165, 1.54) is 50.0 Å². The van der Waals surface area contributed by atoms with Crippen LogP contribution in [0.4, 0.5) is 11.5 Å². The predicted molar refractivity (Wildman–Crippen MR) is 112 cm³/mol. The zero-order valence-corrected chi connectivity index (χ0v) is 18.0. The van der Waals surface area contributed by atoms with Crippen molar-refractivity contribution in [2.45, 2.75) is 31.2 Å². The van der Waals surface area contributed by atoms with Crippen molar-refractivity contribution < 1.29 is 18.0 Å². The second-order valence-electron chi connectivity index (χ2n) is 6.48. The highest BCUT2D eigenvalue weighted by molar-refractivity contribution is 7.89. The van der Waals surface area contributed by atoms with Gasteiger partial charge in [0.2, 0.25) is 0 Å². The maximum absolute atomic E-state index is 12.9. The molecule has 0 radical (unpaired) electrons. The lowest BCUT2D eigenvalue weighted by Crippen LogP contribution is -2.39. The quantitative estimate of drug-likeness (QED) is 0.565. The van der Waals surface area contributed by atoms with E-state index in [0.29, 0.717) is 17.4 Å². The highest BCUT2D eigenvalue weighted by Gasteiger charge is 2.24. The number of hydrogen-bond donors (Lipinski definition) is 2. The Balaban J connectivity index is 2.41. The van der Waals surface area contributed by atoms with Gasteiger partial charge in [0.05, 0.1) is 12.0 Å². The highest BCUT2D eigenvalue weighted by atomic mass is 32.2. The average Bonchev–Trinajstić information content (AvgIpc) is 2.72. The summed E-state index contributed by atoms with van der Waals surface area (Å²) in [6, 6.07) is 5.13. The molecular formula is C18H25N5O6S. The molecule has 0 atom stereocenters. The Bertz CT molecular complexity index is 1140. The van der Waals surface area contributed by atoms with Gasteiger partial charge in [-0.05, 0) is 30.7 Å². The Kier molecular flexibility index (Phi) is 7.18. The van der Waals surface area contributed by atoms with E-state index in [1.54, 1.807) is 0 Å². The molecular weight excluding hydrogens is 414 g/mol. The minimum absolute atomic E-state index is 0.0727. The van der Waals surface area contributed by atoms with Crippen molar-refractivity contribution in [1.29, 1.82) is 0 Å². The van der Waals surface area contributed by atoms with Crippen molar-refractivity contribution in [2.24, 2.45) is 0 Å². The summed E-state index contributed by atoms with van der Waals surface area (Å²) in [5, 5.41) is 0. The number of nitrogen functional groups attached to an aromatic ring is 1. The Morgan fingerprint density at radius 3 is 2.33 bits per heavy atom. The molecule has 3 N–H and O–H groups in total. The van der Waals surface area contributed by atoms with Crippen molar-refractivity contribution in [3.63, 3.8) is 0 Å². The molecule has 11 nitrogen and oxygen atoms in total. The third-order valence-corrected chi connectivity index (χ3v) is 6.28. The standard InChI is InChI=1S/C18H25N5O6S/c1-5-6-11-23-15(19)14(16(24)20-18(23)26)21(2)17(25)12-7-9-13(10-8-12)30(27,28)22(3)29-4/h7-10H,5-6,11,19H2,1-4H3,(H,20,24,26). The molecule has 0 unspecified atom stereocenters. The number of nitrogens with zero attached hydrogens (tertiary/aromatic N) is 3. The third kappa shape index (κ3) is 4.45. The van der Waals surface area contributed by atoms with E-state index in [-0.39, 0.29) is 22.0 Å². The summed E-state index contributed by atoms with van der Waals surface area (Å²) < 4.78 is 26.4. The fraction of sp³-hybridized carbons (Fsp3) is 0.389. The second-order valence-corrected chi connectivity index (χ2v) is 8.42. The van der Waals surface area contributed by atoms with Crippen molar-refractivity contribution in [1.82, 2.24) is 14.0 Å². The van der Waals surface area contributed by atoms with E-state index in [1.807, 2.05) is 6.92 Å². The predicted octanol–water partition coefficient (Wildman–Crippen LogP) is 0.377. The lowest BCUT2D eigenvalue weighted by atomic mass is 10.2. The fourth-order valence-corrected chi connectivity index (χ4v) is 3.72. The average molecular weight is 439 g/mol. The van der Waals surface area contributed by atoms with Gasteiger partial charge in [0.15, 0.2) is 5.69 Å². The summed E-state index contributed by atoms with van der Waals surface area (Å²) in [4.78, 5) is 45.1. The van der Waals surface area contributed by atoms with Crippen LogP contribution < -0.4 is 21.9 Å². The fourth-order valence-electron chi connectivity index (χ4n) is 2.75. The molecule has 164 valence electrons. The Morgan fingerprint density at radius 2 is 1.80 bits per heavy atom. The summed E-state index contributed by atoms with van der Waals surface area (Å²) in [7, 11) is -0.0597. The van der Waals surface area contributed by atoms with Crippen LogP contribution in [0, 0.1) is 0 Å². The second kappa shape index (κ2) is 9.24.